The molecule has 1 saturated carbocycles. The maximum Gasteiger partial charge on any atom is 0.309 e. The van der Waals surface area contributed by atoms with Crippen LogP contribution in [-0.2, 0) is 22.6 Å². The lowest BCUT2D eigenvalue weighted by Gasteiger charge is -2.34. The lowest BCUT2D eigenvalue weighted by atomic mass is 9.85. The molecule has 0 radical (unpaired) electrons. The predicted molar refractivity (Wildman–Crippen MR) is 137 cm³/mol. The van der Waals surface area contributed by atoms with E-state index in [4.69, 9.17) is 16.3 Å². The van der Waals surface area contributed by atoms with Crippen molar-refractivity contribution in [1.82, 2.24) is 15.1 Å². The quantitative estimate of drug-likeness (QED) is 0.356. The second kappa shape index (κ2) is 9.60. The molecule has 184 valence electrons. The van der Waals surface area contributed by atoms with Gasteiger partial charge in [0.25, 0.3) is 0 Å². The van der Waals surface area contributed by atoms with Gasteiger partial charge in [-0.1, -0.05) is 35.1 Å². The normalized spacial score (nSPS) is 20.6. The van der Waals surface area contributed by atoms with E-state index in [1.165, 1.54) is 28.5 Å². The summed E-state index contributed by atoms with van der Waals surface area (Å²) in [5, 5.41) is 10.3. The maximum absolute atomic E-state index is 13.5. The lowest BCUT2D eigenvalue weighted by Crippen LogP contribution is -2.37. The number of esters is 1. The van der Waals surface area contributed by atoms with E-state index in [9.17, 15) is 9.18 Å². The number of hydrogen-bond donors (Lipinski definition) is 0. The fourth-order valence-corrected chi connectivity index (χ4v) is 5.98. The Morgan fingerprint density at radius 2 is 1.63 bits per heavy atom. The number of fused-ring (bicyclic) bond motifs is 1. The molecule has 2 aliphatic rings. The molecule has 2 heterocycles. The van der Waals surface area contributed by atoms with Crippen LogP contribution in [0.25, 0.3) is 21.1 Å². The molecular formula is C27H29ClFN3O2S. The molecule has 1 aromatic heterocycles. The molecular weight excluding hydrogens is 485 g/mol. The minimum atomic E-state index is -0.443. The van der Waals surface area contributed by atoms with Gasteiger partial charge in [0.2, 0.25) is 0 Å². The Hall–Kier alpha value is -2.35. The van der Waals surface area contributed by atoms with Crippen LogP contribution in [-0.4, -0.2) is 32.7 Å². The Morgan fingerprint density at radius 1 is 1.00 bits per heavy atom. The molecule has 5 rings (SSSR count). The van der Waals surface area contributed by atoms with Crippen LogP contribution >= 0.6 is 22.9 Å². The van der Waals surface area contributed by atoms with E-state index in [1.54, 1.807) is 12.1 Å². The zero-order valence-electron chi connectivity index (χ0n) is 20.2. The van der Waals surface area contributed by atoms with Gasteiger partial charge >= 0.3 is 5.97 Å². The fourth-order valence-electron chi connectivity index (χ4n) is 4.96. The fraction of sp³-hybridized carbons (Fsp3) is 0.444. The Balaban J connectivity index is 1.23. The highest BCUT2D eigenvalue weighted by atomic mass is 35.5. The maximum atomic E-state index is 13.5. The first-order chi connectivity index (χ1) is 16.7. The average molecular weight is 514 g/mol. The number of halogens is 2. The molecule has 35 heavy (non-hydrogen) atoms. The number of hydrogen-bond acceptors (Lipinski definition) is 6. The summed E-state index contributed by atoms with van der Waals surface area (Å²) in [5.74, 6) is -0.476. The van der Waals surface area contributed by atoms with E-state index in [0.29, 0.717) is 11.0 Å². The smallest absolute Gasteiger partial charge is 0.309 e. The van der Waals surface area contributed by atoms with Crippen molar-refractivity contribution in [2.24, 2.45) is 5.92 Å². The number of nitrogens with zero attached hydrogens (tertiary/aromatic N) is 3. The van der Waals surface area contributed by atoms with Crippen LogP contribution in [0.3, 0.4) is 0 Å². The van der Waals surface area contributed by atoms with Crippen molar-refractivity contribution in [2.45, 2.75) is 71.2 Å². The number of carbonyl (C=O) groups excluding carboxylic acids is 1. The summed E-state index contributed by atoms with van der Waals surface area (Å²) < 4.78 is 19.1. The summed E-state index contributed by atoms with van der Waals surface area (Å²) in [5.41, 5.74) is 4.03. The second-order valence-electron chi connectivity index (χ2n) is 10.5. The topological polar surface area (TPSA) is 55.3 Å². The molecule has 0 amide bonds. The third kappa shape index (κ3) is 5.42. The van der Waals surface area contributed by atoms with Crippen LogP contribution in [0.15, 0.2) is 36.4 Å². The van der Waals surface area contributed by atoms with Crippen molar-refractivity contribution in [3.63, 3.8) is 0 Å². The number of benzene rings is 2. The van der Waals surface area contributed by atoms with Crippen molar-refractivity contribution in [1.29, 1.82) is 0 Å². The van der Waals surface area contributed by atoms with Gasteiger partial charge in [0, 0.05) is 30.3 Å². The Morgan fingerprint density at radius 3 is 2.29 bits per heavy atom. The van der Waals surface area contributed by atoms with Crippen LogP contribution in [0, 0.1) is 11.7 Å². The molecule has 1 aliphatic carbocycles. The second-order valence-corrected chi connectivity index (χ2v) is 11.9. The Kier molecular flexibility index (Phi) is 6.68. The molecule has 2 aromatic carbocycles. The molecule has 1 aliphatic heterocycles. The molecule has 0 bridgehead atoms. The van der Waals surface area contributed by atoms with E-state index < -0.39 is 11.4 Å². The van der Waals surface area contributed by atoms with E-state index in [-0.39, 0.29) is 16.9 Å². The molecule has 5 nitrogen and oxygen atoms in total. The molecule has 1 fully saturated rings. The van der Waals surface area contributed by atoms with Crippen LogP contribution in [0.2, 0.25) is 5.02 Å². The molecule has 0 N–H and O–H groups in total. The molecule has 0 unspecified atom stereocenters. The monoisotopic (exact) mass is 513 g/mol. The third-order valence-corrected chi connectivity index (χ3v) is 8.06. The number of ether oxygens (including phenoxy) is 1. The third-order valence-electron chi connectivity index (χ3n) is 6.74. The molecule has 0 saturated heterocycles. The van der Waals surface area contributed by atoms with Gasteiger partial charge in [0.15, 0.2) is 0 Å². The van der Waals surface area contributed by atoms with Crippen LogP contribution in [0.5, 0.6) is 0 Å². The van der Waals surface area contributed by atoms with Crippen molar-refractivity contribution in [3.05, 3.63) is 58.4 Å². The average Bonchev–Trinajstić information content (AvgIpc) is 3.47. The summed E-state index contributed by atoms with van der Waals surface area (Å²) in [6.45, 7) is 7.62. The van der Waals surface area contributed by atoms with Crippen molar-refractivity contribution in [2.75, 3.05) is 0 Å². The van der Waals surface area contributed by atoms with Gasteiger partial charge in [-0.25, -0.2) is 4.39 Å². The highest BCUT2D eigenvalue weighted by molar-refractivity contribution is 7.17. The number of rotatable bonds is 4. The number of aromatic nitrogens is 2. The van der Waals surface area contributed by atoms with E-state index in [1.807, 2.05) is 20.8 Å². The van der Waals surface area contributed by atoms with E-state index >= 15 is 0 Å². The highest BCUT2D eigenvalue weighted by Crippen LogP contribution is 2.37. The zero-order valence-corrected chi connectivity index (χ0v) is 21.8. The van der Waals surface area contributed by atoms with Gasteiger partial charge in [0.1, 0.15) is 21.4 Å². The van der Waals surface area contributed by atoms with Gasteiger partial charge in [-0.15, -0.1) is 10.2 Å². The van der Waals surface area contributed by atoms with Gasteiger partial charge < -0.3 is 4.74 Å². The Bertz CT molecular complexity index is 1250. The first-order valence-corrected chi connectivity index (χ1v) is 13.2. The molecule has 8 heteroatoms. The minimum Gasteiger partial charge on any atom is -0.460 e. The summed E-state index contributed by atoms with van der Waals surface area (Å²) >= 11 is 7.41. The van der Waals surface area contributed by atoms with E-state index in [2.05, 4.69) is 33.3 Å². The number of carbonyl (C=O) groups is 1. The van der Waals surface area contributed by atoms with Crippen LogP contribution in [0.1, 0.15) is 57.6 Å². The van der Waals surface area contributed by atoms with Crippen molar-refractivity contribution in [3.8, 4) is 21.1 Å². The van der Waals surface area contributed by atoms with Gasteiger partial charge in [-0.3, -0.25) is 9.69 Å². The summed E-state index contributed by atoms with van der Waals surface area (Å²) in [6.07, 6.45) is 3.81. The largest absolute Gasteiger partial charge is 0.460 e. The summed E-state index contributed by atoms with van der Waals surface area (Å²) in [6, 6.07) is 11.6. The SMILES string of the molecule is CC(C)(C)OC(=O)C1CCC(N2Cc3ccc(-c4nnc(-c5ccc(F)c(Cl)c5)s4)cc3C2)CC1. The van der Waals surface area contributed by atoms with Gasteiger partial charge in [-0.05, 0) is 81.8 Å². The van der Waals surface area contributed by atoms with Gasteiger partial charge in [-0.2, -0.15) is 0 Å². The Labute approximate surface area is 214 Å². The van der Waals surface area contributed by atoms with Crippen molar-refractivity contribution < 1.29 is 13.9 Å². The summed E-state index contributed by atoms with van der Waals surface area (Å²) in [7, 11) is 0. The van der Waals surface area contributed by atoms with Crippen molar-refractivity contribution >= 4 is 28.9 Å². The van der Waals surface area contributed by atoms with Crippen LogP contribution in [0.4, 0.5) is 4.39 Å². The molecule has 3 aromatic rings. The first-order valence-electron chi connectivity index (χ1n) is 12.0. The highest BCUT2D eigenvalue weighted by Gasteiger charge is 2.34. The zero-order chi connectivity index (χ0) is 24.7. The van der Waals surface area contributed by atoms with E-state index in [0.717, 1.165) is 54.9 Å². The van der Waals surface area contributed by atoms with Crippen LogP contribution < -0.4 is 0 Å². The standard InChI is InChI=1S/C27H29ClFN3O2S/c1-27(2,3)34-26(33)16-6-9-21(10-7-16)32-14-19-5-4-17(12-20(19)15-32)24-30-31-25(35-24)18-8-11-23(29)22(28)13-18/h4-5,8,11-13,16,21H,6-7,9-10,14-15H2,1-3H3. The molecule has 0 atom stereocenters. The van der Waals surface area contributed by atoms with Gasteiger partial charge in [0.05, 0.1) is 10.9 Å². The minimum absolute atomic E-state index is 0.0182. The summed E-state index contributed by atoms with van der Waals surface area (Å²) in [4.78, 5) is 15.0. The lowest BCUT2D eigenvalue weighted by molar-refractivity contribution is -0.161. The predicted octanol–water partition coefficient (Wildman–Crippen LogP) is 6.88. The molecule has 0 spiro atoms. The first kappa shape index (κ1) is 24.3.